The molecule has 1 saturated carbocycles. The lowest BCUT2D eigenvalue weighted by Gasteiger charge is -2.47. The summed E-state index contributed by atoms with van der Waals surface area (Å²) in [5, 5.41) is 50.8. The van der Waals surface area contributed by atoms with Crippen LogP contribution in [0, 0.1) is 5.92 Å². The Bertz CT molecular complexity index is 565. The van der Waals surface area contributed by atoms with Crippen molar-refractivity contribution in [3.8, 4) is 0 Å². The third kappa shape index (κ3) is 5.21. The zero-order valence-electron chi connectivity index (χ0n) is 17.1. The summed E-state index contributed by atoms with van der Waals surface area (Å²) in [6.07, 6.45) is -4.39. The van der Waals surface area contributed by atoms with Crippen molar-refractivity contribution in [1.29, 1.82) is 0 Å². The minimum absolute atomic E-state index is 0.0552. The van der Waals surface area contributed by atoms with Crippen LogP contribution in [-0.2, 0) is 9.47 Å². The number of ether oxygens (including phenoxy) is 2. The molecule has 7 heteroatoms. The van der Waals surface area contributed by atoms with Gasteiger partial charge in [-0.15, -0.1) is 0 Å². The van der Waals surface area contributed by atoms with E-state index in [4.69, 9.17) is 9.47 Å². The lowest BCUT2D eigenvalue weighted by atomic mass is 9.73. The fourth-order valence-electron chi connectivity index (χ4n) is 4.04. The highest BCUT2D eigenvalue weighted by atomic mass is 16.7. The Hall–Kier alpha value is -0.800. The van der Waals surface area contributed by atoms with E-state index in [0.717, 1.165) is 12.0 Å². The minimum atomic E-state index is -1.40. The highest BCUT2D eigenvalue weighted by Crippen LogP contribution is 2.41. The molecule has 0 aromatic carbocycles. The summed E-state index contributed by atoms with van der Waals surface area (Å²) in [6, 6.07) is 0. The van der Waals surface area contributed by atoms with Crippen LogP contribution in [-0.4, -0.2) is 74.0 Å². The van der Waals surface area contributed by atoms with Crippen molar-refractivity contribution in [2.24, 2.45) is 5.92 Å². The van der Waals surface area contributed by atoms with Gasteiger partial charge in [-0.2, -0.15) is 0 Å². The van der Waals surface area contributed by atoms with Gasteiger partial charge in [0.2, 0.25) is 0 Å². The van der Waals surface area contributed by atoms with Crippen molar-refractivity contribution < 1.29 is 35.0 Å². The van der Waals surface area contributed by atoms with E-state index in [9.17, 15) is 25.5 Å². The first kappa shape index (κ1) is 23.5. The molecule has 7 nitrogen and oxygen atoms in total. The van der Waals surface area contributed by atoms with Crippen LogP contribution in [0.5, 0.6) is 0 Å². The standard InChI is InChI=1S/C21H36O7/c1-11(2)15(22)8-9-21(5,14-7-6-12(3)16(23)10-14)28-20-19(26)18(25)17(24)13(4)27-20/h13-20,22-26H,1,3,6-10H2,2,4-5H3/t13-,14+,15?,16+,17+,18+,19-,20+,21+/m1/s1. The zero-order chi connectivity index (χ0) is 21.2. The summed E-state index contributed by atoms with van der Waals surface area (Å²) in [4.78, 5) is 0. The molecule has 0 aromatic heterocycles. The maximum atomic E-state index is 10.4. The molecule has 5 N–H and O–H groups in total. The molecule has 1 unspecified atom stereocenters. The van der Waals surface area contributed by atoms with Crippen LogP contribution in [0.3, 0.4) is 0 Å². The Balaban J connectivity index is 2.19. The Morgan fingerprint density at radius 1 is 1.25 bits per heavy atom. The summed E-state index contributed by atoms with van der Waals surface area (Å²) in [5.74, 6) is -0.0552. The van der Waals surface area contributed by atoms with Crippen LogP contribution in [0.2, 0.25) is 0 Å². The Kier molecular flexibility index (Phi) is 7.83. The summed E-state index contributed by atoms with van der Waals surface area (Å²) in [6.45, 7) is 12.9. The van der Waals surface area contributed by atoms with Gasteiger partial charge in [0.05, 0.1) is 23.9 Å². The molecule has 2 aliphatic rings. The van der Waals surface area contributed by atoms with Crippen molar-refractivity contribution >= 4 is 0 Å². The summed E-state index contributed by atoms with van der Waals surface area (Å²) < 4.78 is 11.8. The first-order valence-corrected chi connectivity index (χ1v) is 10.0. The number of aliphatic hydroxyl groups is 5. The minimum Gasteiger partial charge on any atom is -0.389 e. The number of hydrogen-bond donors (Lipinski definition) is 5. The first-order chi connectivity index (χ1) is 13.0. The lowest BCUT2D eigenvalue weighted by Crippen LogP contribution is -2.60. The van der Waals surface area contributed by atoms with Crippen LogP contribution in [0.4, 0.5) is 0 Å². The molecule has 1 saturated heterocycles. The maximum absolute atomic E-state index is 10.4. The molecule has 1 aliphatic carbocycles. The molecule has 9 atom stereocenters. The van der Waals surface area contributed by atoms with Crippen molar-refractivity contribution in [3.63, 3.8) is 0 Å². The third-order valence-corrected chi connectivity index (χ3v) is 6.33. The van der Waals surface area contributed by atoms with Crippen LogP contribution < -0.4 is 0 Å². The number of rotatable bonds is 7. The molecule has 0 amide bonds. The second-order valence-electron chi connectivity index (χ2n) is 8.66. The topological polar surface area (TPSA) is 120 Å². The van der Waals surface area contributed by atoms with Gasteiger partial charge in [0, 0.05) is 0 Å². The fraction of sp³-hybridized carbons (Fsp3) is 0.810. The van der Waals surface area contributed by atoms with Gasteiger partial charge in [-0.3, -0.25) is 0 Å². The maximum Gasteiger partial charge on any atom is 0.187 e. The molecule has 0 bridgehead atoms. The molecule has 0 spiro atoms. The van der Waals surface area contributed by atoms with E-state index >= 15 is 0 Å². The van der Waals surface area contributed by atoms with E-state index in [1.54, 1.807) is 13.8 Å². The SMILES string of the molecule is C=C(C)C(O)CC[C@](C)(O[C@@H]1O[C@H](C)[C@H](O)[C@H](O)[C@H]1O)[C@H]1CCC(=C)[C@@H](O)C1. The summed E-state index contributed by atoms with van der Waals surface area (Å²) in [5.41, 5.74) is 0.619. The van der Waals surface area contributed by atoms with Gasteiger partial charge in [-0.1, -0.05) is 18.7 Å². The zero-order valence-corrected chi connectivity index (χ0v) is 17.1. The molecule has 1 aliphatic heterocycles. The molecule has 2 fully saturated rings. The highest BCUT2D eigenvalue weighted by molar-refractivity contribution is 5.09. The Morgan fingerprint density at radius 3 is 2.46 bits per heavy atom. The van der Waals surface area contributed by atoms with Gasteiger partial charge in [-0.05, 0) is 64.4 Å². The second-order valence-corrected chi connectivity index (χ2v) is 8.66. The Morgan fingerprint density at radius 2 is 1.89 bits per heavy atom. The van der Waals surface area contributed by atoms with Crippen LogP contribution in [0.25, 0.3) is 0 Å². The predicted molar refractivity (Wildman–Crippen MR) is 104 cm³/mol. The van der Waals surface area contributed by atoms with E-state index in [1.165, 1.54) is 0 Å². The molecule has 1 heterocycles. The van der Waals surface area contributed by atoms with Crippen molar-refractivity contribution in [2.45, 2.75) is 101 Å². The fourth-order valence-corrected chi connectivity index (χ4v) is 4.04. The average molecular weight is 401 g/mol. The molecule has 2 rings (SSSR count). The quantitative estimate of drug-likeness (QED) is 0.405. The average Bonchev–Trinajstić information content (AvgIpc) is 2.64. The highest BCUT2D eigenvalue weighted by Gasteiger charge is 2.47. The smallest absolute Gasteiger partial charge is 0.187 e. The van der Waals surface area contributed by atoms with Crippen molar-refractivity contribution in [2.75, 3.05) is 0 Å². The molecule has 0 aromatic rings. The summed E-state index contributed by atoms with van der Waals surface area (Å²) >= 11 is 0. The van der Waals surface area contributed by atoms with Crippen LogP contribution in [0.15, 0.2) is 24.3 Å². The monoisotopic (exact) mass is 400 g/mol. The van der Waals surface area contributed by atoms with Crippen molar-refractivity contribution in [1.82, 2.24) is 0 Å². The van der Waals surface area contributed by atoms with Gasteiger partial charge >= 0.3 is 0 Å². The van der Waals surface area contributed by atoms with E-state index in [-0.39, 0.29) is 5.92 Å². The van der Waals surface area contributed by atoms with Gasteiger partial charge in [0.1, 0.15) is 18.3 Å². The third-order valence-electron chi connectivity index (χ3n) is 6.33. The van der Waals surface area contributed by atoms with E-state index in [2.05, 4.69) is 13.2 Å². The first-order valence-electron chi connectivity index (χ1n) is 10.0. The van der Waals surface area contributed by atoms with E-state index in [0.29, 0.717) is 31.3 Å². The Labute approximate surface area is 167 Å². The van der Waals surface area contributed by atoms with E-state index < -0.39 is 48.5 Å². The predicted octanol–water partition coefficient (Wildman–Crippen LogP) is 1.02. The van der Waals surface area contributed by atoms with Crippen molar-refractivity contribution in [3.05, 3.63) is 24.3 Å². The van der Waals surface area contributed by atoms with Crippen LogP contribution in [0.1, 0.15) is 52.9 Å². The summed E-state index contributed by atoms with van der Waals surface area (Å²) in [7, 11) is 0. The second kappa shape index (κ2) is 9.34. The molecule has 162 valence electrons. The van der Waals surface area contributed by atoms with Gasteiger partial charge in [0.15, 0.2) is 6.29 Å². The molecule has 28 heavy (non-hydrogen) atoms. The van der Waals surface area contributed by atoms with E-state index in [1.807, 2.05) is 6.92 Å². The number of hydrogen-bond acceptors (Lipinski definition) is 7. The molecular weight excluding hydrogens is 364 g/mol. The van der Waals surface area contributed by atoms with Gasteiger partial charge in [0.25, 0.3) is 0 Å². The lowest BCUT2D eigenvalue weighted by molar-refractivity contribution is -0.327. The number of aliphatic hydroxyl groups excluding tert-OH is 5. The van der Waals surface area contributed by atoms with Crippen LogP contribution >= 0.6 is 0 Å². The molecular formula is C21H36O7. The largest absolute Gasteiger partial charge is 0.389 e. The normalized spacial score (nSPS) is 40.0. The van der Waals surface area contributed by atoms with Gasteiger partial charge in [-0.25, -0.2) is 0 Å². The molecule has 0 radical (unpaired) electrons. The van der Waals surface area contributed by atoms with Gasteiger partial charge < -0.3 is 35.0 Å².